The van der Waals surface area contributed by atoms with Crippen LogP contribution >= 0.6 is 45.5 Å². The summed E-state index contributed by atoms with van der Waals surface area (Å²) in [6.45, 7) is 0. The molecule has 17 heavy (non-hydrogen) atoms. The minimum absolute atomic E-state index is 0.282. The largest absolute Gasteiger partial charge is 0.313 e. The lowest BCUT2D eigenvalue weighted by Gasteiger charge is -2.16. The van der Waals surface area contributed by atoms with Crippen molar-refractivity contribution in [1.29, 1.82) is 0 Å². The Balaban J connectivity index is 2.20. The van der Waals surface area contributed by atoms with Crippen molar-refractivity contribution in [3.05, 3.63) is 48.9 Å². The van der Waals surface area contributed by atoms with Crippen LogP contribution in [0.15, 0.2) is 29.9 Å². The van der Waals surface area contributed by atoms with E-state index in [4.69, 9.17) is 11.6 Å². The van der Waals surface area contributed by atoms with E-state index < -0.39 is 0 Å². The number of rotatable bonds is 4. The first kappa shape index (κ1) is 13.3. The predicted molar refractivity (Wildman–Crippen MR) is 81.8 cm³/mol. The average Bonchev–Trinajstić information content (AvgIpc) is 2.82. The predicted octanol–water partition coefficient (Wildman–Crippen LogP) is 3.90. The monoisotopic (exact) mass is 378 g/mol. The third kappa shape index (κ3) is 3.40. The lowest BCUT2D eigenvalue weighted by molar-refractivity contribution is 0.596. The lowest BCUT2D eigenvalue weighted by Crippen LogP contribution is -2.18. The fourth-order valence-corrected chi connectivity index (χ4v) is 2.83. The highest BCUT2D eigenvalue weighted by Gasteiger charge is 2.12. The summed E-state index contributed by atoms with van der Waals surface area (Å²) < 4.78 is 1.08. The maximum atomic E-state index is 6.15. The molecule has 0 spiro atoms. The number of nitrogens with one attached hydrogen (secondary N) is 1. The number of nitrogens with zero attached hydrogens (tertiary/aromatic N) is 1. The van der Waals surface area contributed by atoms with Gasteiger partial charge in [-0.15, -0.1) is 11.3 Å². The van der Waals surface area contributed by atoms with Crippen LogP contribution in [0.3, 0.4) is 0 Å². The van der Waals surface area contributed by atoms with Gasteiger partial charge in [-0.1, -0.05) is 17.7 Å². The van der Waals surface area contributed by atoms with Gasteiger partial charge < -0.3 is 5.32 Å². The maximum absolute atomic E-state index is 6.15. The highest BCUT2D eigenvalue weighted by molar-refractivity contribution is 14.1. The Kier molecular flexibility index (Phi) is 4.78. The van der Waals surface area contributed by atoms with Crippen molar-refractivity contribution in [1.82, 2.24) is 10.3 Å². The zero-order chi connectivity index (χ0) is 12.3. The summed E-state index contributed by atoms with van der Waals surface area (Å²) in [5.41, 5.74) is 3.08. The molecule has 1 atom stereocenters. The van der Waals surface area contributed by atoms with Crippen molar-refractivity contribution in [2.45, 2.75) is 12.5 Å². The SMILES string of the molecule is CNC(Cc1cncs1)c1ccc(I)c(Cl)c1. The molecule has 1 heterocycles. The summed E-state index contributed by atoms with van der Waals surface area (Å²) >= 11 is 10.1. The molecule has 1 N–H and O–H groups in total. The van der Waals surface area contributed by atoms with Crippen LogP contribution in [0.25, 0.3) is 0 Å². The van der Waals surface area contributed by atoms with E-state index in [0.717, 1.165) is 15.0 Å². The van der Waals surface area contributed by atoms with Crippen molar-refractivity contribution < 1.29 is 0 Å². The number of hydrogen-bond donors (Lipinski definition) is 1. The van der Waals surface area contributed by atoms with E-state index in [2.05, 4.69) is 45.0 Å². The van der Waals surface area contributed by atoms with Crippen LogP contribution < -0.4 is 5.32 Å². The van der Waals surface area contributed by atoms with Crippen LogP contribution in [0.5, 0.6) is 0 Å². The molecule has 1 aromatic carbocycles. The Hall–Kier alpha value is -0.170. The second-order valence-corrected chi connectivity index (χ2v) is 6.23. The van der Waals surface area contributed by atoms with E-state index in [-0.39, 0.29) is 6.04 Å². The molecular formula is C12H12ClIN2S. The Morgan fingerprint density at radius 3 is 2.94 bits per heavy atom. The number of thiazole rings is 1. The molecule has 0 radical (unpaired) electrons. The first-order valence-corrected chi connectivity index (χ1v) is 7.54. The van der Waals surface area contributed by atoms with Crippen LogP contribution in [0.2, 0.25) is 5.02 Å². The van der Waals surface area contributed by atoms with Crippen molar-refractivity contribution in [2.24, 2.45) is 0 Å². The van der Waals surface area contributed by atoms with E-state index in [0.29, 0.717) is 0 Å². The van der Waals surface area contributed by atoms with Gasteiger partial charge in [-0.05, 0) is 47.3 Å². The topological polar surface area (TPSA) is 24.9 Å². The van der Waals surface area contributed by atoms with Gasteiger partial charge in [0.05, 0.1) is 10.5 Å². The Morgan fingerprint density at radius 2 is 2.35 bits per heavy atom. The van der Waals surface area contributed by atoms with Gasteiger partial charge in [0.25, 0.3) is 0 Å². The number of aromatic nitrogens is 1. The summed E-state index contributed by atoms with van der Waals surface area (Å²) in [5, 5.41) is 4.13. The molecule has 0 saturated carbocycles. The molecule has 0 fully saturated rings. The highest BCUT2D eigenvalue weighted by atomic mass is 127. The van der Waals surface area contributed by atoms with Crippen LogP contribution in [0.1, 0.15) is 16.5 Å². The van der Waals surface area contributed by atoms with Crippen LogP contribution in [0, 0.1) is 3.57 Å². The molecule has 1 unspecified atom stereocenters. The third-order valence-corrected chi connectivity index (χ3v) is 4.96. The summed E-state index contributed by atoms with van der Waals surface area (Å²) in [4.78, 5) is 5.38. The molecule has 0 saturated heterocycles. The van der Waals surface area contributed by atoms with E-state index >= 15 is 0 Å². The molecular weight excluding hydrogens is 367 g/mol. The van der Waals surface area contributed by atoms with Crippen molar-refractivity contribution in [3.63, 3.8) is 0 Å². The zero-order valence-electron chi connectivity index (χ0n) is 9.28. The summed E-state index contributed by atoms with van der Waals surface area (Å²) in [6.07, 6.45) is 2.86. The number of halogens is 2. The molecule has 5 heteroatoms. The minimum atomic E-state index is 0.282. The summed E-state index contributed by atoms with van der Waals surface area (Å²) in [6, 6.07) is 6.49. The van der Waals surface area contributed by atoms with E-state index in [1.54, 1.807) is 11.3 Å². The van der Waals surface area contributed by atoms with Gasteiger partial charge in [0, 0.05) is 27.1 Å². The Labute approximate surface area is 124 Å². The van der Waals surface area contributed by atoms with Crippen LogP contribution in [0.4, 0.5) is 0 Å². The van der Waals surface area contributed by atoms with Crippen LogP contribution in [-0.2, 0) is 6.42 Å². The Morgan fingerprint density at radius 1 is 1.53 bits per heavy atom. The fraction of sp³-hybridized carbons (Fsp3) is 0.250. The third-order valence-electron chi connectivity index (χ3n) is 2.58. The molecule has 0 aliphatic carbocycles. The molecule has 2 nitrogen and oxygen atoms in total. The molecule has 2 aromatic rings. The number of likely N-dealkylation sites (N-methyl/N-ethyl adjacent to an activating group) is 1. The van der Waals surface area contributed by atoms with Gasteiger partial charge in [-0.2, -0.15) is 0 Å². The molecule has 2 rings (SSSR count). The van der Waals surface area contributed by atoms with Gasteiger partial charge in [0.1, 0.15) is 0 Å². The molecule has 1 aromatic heterocycles. The van der Waals surface area contributed by atoms with Gasteiger partial charge in [0.15, 0.2) is 0 Å². The average molecular weight is 379 g/mol. The van der Waals surface area contributed by atoms with E-state index in [1.165, 1.54) is 10.4 Å². The second kappa shape index (κ2) is 6.13. The smallest absolute Gasteiger partial charge is 0.0794 e. The van der Waals surface area contributed by atoms with Crippen molar-refractivity contribution in [2.75, 3.05) is 7.05 Å². The molecule has 0 aliphatic rings. The number of hydrogen-bond acceptors (Lipinski definition) is 3. The standard InChI is InChI=1S/C12H12ClIN2S/c1-15-12(5-9-6-16-7-17-9)8-2-3-11(14)10(13)4-8/h2-4,6-7,12,15H,5H2,1H3. The fourth-order valence-electron chi connectivity index (χ4n) is 1.66. The van der Waals surface area contributed by atoms with E-state index in [1.807, 2.05) is 24.8 Å². The first-order chi connectivity index (χ1) is 8.20. The molecule has 0 bridgehead atoms. The summed E-state index contributed by atoms with van der Waals surface area (Å²) in [5.74, 6) is 0. The summed E-state index contributed by atoms with van der Waals surface area (Å²) in [7, 11) is 1.97. The molecule has 90 valence electrons. The normalized spacial score (nSPS) is 12.6. The quantitative estimate of drug-likeness (QED) is 0.816. The van der Waals surface area contributed by atoms with Gasteiger partial charge in [-0.3, -0.25) is 4.98 Å². The van der Waals surface area contributed by atoms with Gasteiger partial charge in [0.2, 0.25) is 0 Å². The number of benzene rings is 1. The van der Waals surface area contributed by atoms with Gasteiger partial charge in [-0.25, -0.2) is 0 Å². The molecule has 0 amide bonds. The first-order valence-electron chi connectivity index (χ1n) is 5.20. The zero-order valence-corrected chi connectivity index (χ0v) is 13.0. The van der Waals surface area contributed by atoms with Gasteiger partial charge >= 0.3 is 0 Å². The van der Waals surface area contributed by atoms with Crippen molar-refractivity contribution >= 4 is 45.5 Å². The maximum Gasteiger partial charge on any atom is 0.0794 e. The lowest BCUT2D eigenvalue weighted by atomic mass is 10.0. The molecule has 0 aliphatic heterocycles. The minimum Gasteiger partial charge on any atom is -0.313 e. The second-order valence-electron chi connectivity index (χ2n) is 3.69. The Bertz CT molecular complexity index is 487. The van der Waals surface area contributed by atoms with Crippen LogP contribution in [-0.4, -0.2) is 12.0 Å². The van der Waals surface area contributed by atoms with Crippen molar-refractivity contribution in [3.8, 4) is 0 Å². The highest BCUT2D eigenvalue weighted by Crippen LogP contribution is 2.25. The van der Waals surface area contributed by atoms with E-state index in [9.17, 15) is 0 Å².